The van der Waals surface area contributed by atoms with E-state index in [1.807, 2.05) is 6.07 Å². The predicted molar refractivity (Wildman–Crippen MR) is 148 cm³/mol. The molecule has 3 aromatic heterocycles. The third kappa shape index (κ3) is 7.73. The van der Waals surface area contributed by atoms with Gasteiger partial charge in [-0.25, -0.2) is 4.98 Å². The molecule has 14 heteroatoms. The van der Waals surface area contributed by atoms with Crippen LogP contribution in [0.2, 0.25) is 0 Å². The van der Waals surface area contributed by atoms with Gasteiger partial charge in [-0.1, -0.05) is 5.92 Å². The fraction of sp³-hybridized carbons (Fsp3) is 0.519. The molecule has 0 unspecified atom stereocenters. The average molecular weight is 592 g/mol. The molecule has 5 rings (SSSR count). The number of aromatic nitrogens is 4. The molecule has 1 amide bonds. The molecule has 10 nitrogen and oxygen atoms in total. The van der Waals surface area contributed by atoms with E-state index in [0.717, 1.165) is 25.9 Å². The molecule has 2 aliphatic rings. The van der Waals surface area contributed by atoms with Crippen LogP contribution in [0.5, 0.6) is 0 Å². The molecular formula is C27H32F3N7O3S. The molecule has 5 heterocycles. The number of carbonyl (C=O) groups excluding carboxylic acids is 1. The maximum atomic E-state index is 13.5. The van der Waals surface area contributed by atoms with E-state index in [0.29, 0.717) is 49.9 Å². The van der Waals surface area contributed by atoms with Gasteiger partial charge in [0.15, 0.2) is 5.65 Å². The first kappa shape index (κ1) is 29.2. The SMILES string of the molecule is CN1CC[C@@H]2Nc3cccn4c(SC(F)(F)F)c(nc34)C#CCNC(=O)c3cnn(c3)CCOCCOCC[C@@H]2C1. The van der Waals surface area contributed by atoms with Gasteiger partial charge in [0.2, 0.25) is 0 Å². The summed E-state index contributed by atoms with van der Waals surface area (Å²) < 4.78 is 55.2. The Morgan fingerprint density at radius 3 is 2.80 bits per heavy atom. The van der Waals surface area contributed by atoms with Gasteiger partial charge >= 0.3 is 5.51 Å². The van der Waals surface area contributed by atoms with Crippen molar-refractivity contribution >= 4 is 29.0 Å². The molecule has 1 fully saturated rings. The molecule has 1 saturated heterocycles. The van der Waals surface area contributed by atoms with Crippen LogP contribution in [0.1, 0.15) is 28.9 Å². The zero-order chi connectivity index (χ0) is 28.8. The number of ether oxygens (including phenoxy) is 2. The van der Waals surface area contributed by atoms with Gasteiger partial charge in [0.25, 0.3) is 5.91 Å². The van der Waals surface area contributed by atoms with Crippen LogP contribution < -0.4 is 10.6 Å². The Morgan fingerprint density at radius 2 is 1.98 bits per heavy atom. The summed E-state index contributed by atoms with van der Waals surface area (Å²) in [7, 11) is 2.08. The first-order valence-corrected chi connectivity index (χ1v) is 14.3. The molecule has 0 aromatic carbocycles. The third-order valence-corrected chi connectivity index (χ3v) is 7.82. The lowest BCUT2D eigenvalue weighted by Crippen LogP contribution is -2.45. The van der Waals surface area contributed by atoms with Gasteiger partial charge in [0, 0.05) is 43.3 Å². The van der Waals surface area contributed by atoms with Crippen LogP contribution in [0.15, 0.2) is 35.7 Å². The van der Waals surface area contributed by atoms with Crippen molar-refractivity contribution in [1.29, 1.82) is 0 Å². The fourth-order valence-corrected chi connectivity index (χ4v) is 5.67. The number of hydrogen-bond donors (Lipinski definition) is 2. The largest absolute Gasteiger partial charge is 0.447 e. The Hall–Kier alpha value is -3.25. The molecular weight excluding hydrogens is 559 g/mol. The number of alkyl halides is 3. The first-order valence-electron chi connectivity index (χ1n) is 13.4. The number of hydrogen-bond acceptors (Lipinski definition) is 8. The second-order valence-electron chi connectivity index (χ2n) is 9.98. The topological polar surface area (TPSA) is 98.0 Å². The minimum absolute atomic E-state index is 0.00429. The summed E-state index contributed by atoms with van der Waals surface area (Å²) in [4.78, 5) is 19.3. The van der Waals surface area contributed by atoms with E-state index >= 15 is 0 Å². The van der Waals surface area contributed by atoms with Gasteiger partial charge in [-0.15, -0.1) is 0 Å². The summed E-state index contributed by atoms with van der Waals surface area (Å²) in [5, 5.41) is 10.3. The van der Waals surface area contributed by atoms with Crippen LogP contribution in [-0.4, -0.2) is 94.6 Å². The first-order chi connectivity index (χ1) is 19.8. The van der Waals surface area contributed by atoms with Gasteiger partial charge in [0.1, 0.15) is 10.7 Å². The molecule has 2 N–H and O–H groups in total. The summed E-state index contributed by atoms with van der Waals surface area (Å²) in [6.07, 6.45) is 6.29. The number of amides is 1. The second-order valence-corrected chi connectivity index (χ2v) is 11.0. The van der Waals surface area contributed by atoms with Crippen molar-refractivity contribution in [2.75, 3.05) is 58.4 Å². The third-order valence-electron chi connectivity index (χ3n) is 7.01. The molecule has 4 bridgehead atoms. The normalized spacial score (nSPS) is 21.9. The van der Waals surface area contributed by atoms with Crippen LogP contribution in [-0.2, 0) is 16.0 Å². The van der Waals surface area contributed by atoms with Crippen molar-refractivity contribution in [2.24, 2.45) is 5.92 Å². The highest BCUT2D eigenvalue weighted by atomic mass is 32.2. The van der Waals surface area contributed by atoms with Crippen LogP contribution in [0, 0.1) is 17.8 Å². The standard InChI is InChI=1S/C27H32F3N7O3S/c1-35-10-6-21-19(17-35)7-12-39-14-15-40-13-11-36-18-20(16-32-36)25(38)31-8-2-4-23-26(41-27(28,29)30)37-9-3-5-22(33-21)24(37)34-23/h3,5,9,16,18-19,21,33H,6-8,10-15,17H2,1H3,(H,31,38)/t19-,21+/m1/s1. The number of imidazole rings is 1. The van der Waals surface area contributed by atoms with E-state index in [1.54, 1.807) is 23.1 Å². The Kier molecular flexibility index (Phi) is 9.39. The summed E-state index contributed by atoms with van der Waals surface area (Å²) in [5.74, 6) is 5.37. The monoisotopic (exact) mass is 591 g/mol. The number of piperidine rings is 1. The van der Waals surface area contributed by atoms with Crippen molar-refractivity contribution in [3.63, 3.8) is 0 Å². The van der Waals surface area contributed by atoms with Gasteiger partial charge in [-0.05, 0) is 50.4 Å². The van der Waals surface area contributed by atoms with Crippen LogP contribution in [0.25, 0.3) is 5.65 Å². The number of nitrogens with one attached hydrogen (secondary N) is 2. The number of likely N-dealkylation sites (tertiary alicyclic amines) is 1. The van der Waals surface area contributed by atoms with Crippen molar-refractivity contribution in [3.8, 4) is 11.8 Å². The lowest BCUT2D eigenvalue weighted by Gasteiger charge is -2.37. The number of rotatable bonds is 1. The van der Waals surface area contributed by atoms with E-state index in [4.69, 9.17) is 9.47 Å². The van der Waals surface area contributed by atoms with Gasteiger partial charge in [-0.3, -0.25) is 13.9 Å². The minimum Gasteiger partial charge on any atom is -0.379 e. The Labute approximate surface area is 239 Å². The predicted octanol–water partition coefficient (Wildman–Crippen LogP) is 3.09. The van der Waals surface area contributed by atoms with Gasteiger partial charge in [-0.2, -0.15) is 18.3 Å². The molecule has 3 aromatic rings. The number of carbonyl (C=O) groups is 1. The van der Waals surface area contributed by atoms with Crippen molar-refractivity contribution in [3.05, 3.63) is 42.0 Å². The van der Waals surface area contributed by atoms with E-state index in [1.165, 1.54) is 10.6 Å². The summed E-state index contributed by atoms with van der Waals surface area (Å²) in [5.41, 5.74) is -3.18. The molecule has 0 radical (unpaired) electrons. The number of halogens is 3. The zero-order valence-electron chi connectivity index (χ0n) is 22.6. The summed E-state index contributed by atoms with van der Waals surface area (Å²) >= 11 is -0.255. The maximum Gasteiger partial charge on any atom is 0.447 e. The van der Waals surface area contributed by atoms with E-state index in [9.17, 15) is 18.0 Å². The highest BCUT2D eigenvalue weighted by molar-refractivity contribution is 8.00. The molecule has 2 aliphatic heterocycles. The minimum atomic E-state index is -4.53. The highest BCUT2D eigenvalue weighted by Gasteiger charge is 2.34. The maximum absolute atomic E-state index is 13.5. The number of anilines is 1. The average Bonchev–Trinajstić information content (AvgIpc) is 3.54. The van der Waals surface area contributed by atoms with Gasteiger partial charge in [0.05, 0.1) is 50.4 Å². The lowest BCUT2D eigenvalue weighted by atomic mass is 9.89. The van der Waals surface area contributed by atoms with E-state index < -0.39 is 11.4 Å². The molecule has 2 atom stereocenters. The molecule has 0 saturated carbocycles. The van der Waals surface area contributed by atoms with Crippen LogP contribution >= 0.6 is 11.8 Å². The Morgan fingerprint density at radius 1 is 1.15 bits per heavy atom. The number of thioether (sulfide) groups is 1. The summed E-state index contributed by atoms with van der Waals surface area (Å²) in [6, 6.07) is 3.62. The van der Waals surface area contributed by atoms with Crippen molar-refractivity contribution in [1.82, 2.24) is 29.4 Å². The molecule has 0 aliphatic carbocycles. The quantitative estimate of drug-likeness (QED) is 0.329. The molecule has 0 spiro atoms. The van der Waals surface area contributed by atoms with Crippen LogP contribution in [0.4, 0.5) is 18.9 Å². The van der Waals surface area contributed by atoms with E-state index in [2.05, 4.69) is 44.5 Å². The smallest absolute Gasteiger partial charge is 0.379 e. The Bertz CT molecular complexity index is 1410. The molecule has 41 heavy (non-hydrogen) atoms. The lowest BCUT2D eigenvalue weighted by molar-refractivity contribution is -0.0330. The zero-order valence-corrected chi connectivity index (χ0v) is 23.4. The fourth-order valence-electron chi connectivity index (χ4n) is 5.02. The molecule has 220 valence electrons. The number of fused-ring (bicyclic) bond motifs is 4. The number of nitrogens with zero attached hydrogens (tertiary/aromatic N) is 5. The van der Waals surface area contributed by atoms with Crippen molar-refractivity contribution < 1.29 is 27.4 Å². The summed E-state index contributed by atoms with van der Waals surface area (Å²) in [6.45, 7) is 4.08. The van der Waals surface area contributed by atoms with Crippen LogP contribution in [0.3, 0.4) is 0 Å². The highest BCUT2D eigenvalue weighted by Crippen LogP contribution is 2.39. The second kappa shape index (κ2) is 13.2. The Balaban J connectivity index is 1.44. The van der Waals surface area contributed by atoms with Gasteiger partial charge < -0.3 is 25.0 Å². The van der Waals surface area contributed by atoms with Crippen molar-refractivity contribution in [2.45, 2.75) is 36.0 Å². The number of pyridine rings is 1. The van der Waals surface area contributed by atoms with E-state index in [-0.39, 0.29) is 41.0 Å².